The predicted molar refractivity (Wildman–Crippen MR) is 75.8 cm³/mol. The van der Waals surface area contributed by atoms with Crippen LogP contribution in [0, 0.1) is 29.1 Å². The summed E-state index contributed by atoms with van der Waals surface area (Å²) in [6, 6.07) is 0.692. The van der Waals surface area contributed by atoms with Crippen LogP contribution in [0.4, 0.5) is 0 Å². The number of hydrogen-bond donors (Lipinski definition) is 1. The average molecular weight is 235 g/mol. The quantitative estimate of drug-likeness (QED) is 0.730. The van der Waals surface area contributed by atoms with Crippen LogP contribution in [0.5, 0.6) is 0 Å². The highest BCUT2D eigenvalue weighted by molar-refractivity contribution is 5.02. The molecule has 0 spiro atoms. The van der Waals surface area contributed by atoms with E-state index >= 15 is 0 Å². The third kappa shape index (κ3) is 4.03. The first-order valence-corrected chi connectivity index (χ1v) is 7.14. The molecule has 1 fully saturated rings. The highest BCUT2D eigenvalue weighted by atomic mass is 14.9. The summed E-state index contributed by atoms with van der Waals surface area (Å²) in [5.74, 6) is 7.99. The smallest absolute Gasteiger partial charge is 0.0143 e. The Bertz CT molecular complexity index is 282. The van der Waals surface area contributed by atoms with Crippen molar-refractivity contribution in [1.29, 1.82) is 0 Å². The van der Waals surface area contributed by atoms with E-state index in [4.69, 9.17) is 0 Å². The Kier molecular flexibility index (Phi) is 5.53. The van der Waals surface area contributed by atoms with Crippen molar-refractivity contribution in [2.75, 3.05) is 6.54 Å². The first kappa shape index (κ1) is 14.6. The molecule has 1 rings (SSSR count). The van der Waals surface area contributed by atoms with Crippen molar-refractivity contribution in [3.63, 3.8) is 0 Å². The highest BCUT2D eigenvalue weighted by Crippen LogP contribution is 2.42. The number of hydrogen-bond acceptors (Lipinski definition) is 1. The lowest BCUT2D eigenvalue weighted by Gasteiger charge is -2.44. The van der Waals surface area contributed by atoms with E-state index in [2.05, 4.69) is 44.9 Å². The molecule has 3 unspecified atom stereocenters. The van der Waals surface area contributed by atoms with Crippen molar-refractivity contribution < 1.29 is 0 Å². The summed E-state index contributed by atoms with van der Waals surface area (Å²) in [6.45, 7) is 12.4. The molecule has 0 saturated heterocycles. The van der Waals surface area contributed by atoms with E-state index in [1.54, 1.807) is 0 Å². The molecule has 0 bridgehead atoms. The van der Waals surface area contributed by atoms with Gasteiger partial charge in [0.25, 0.3) is 0 Å². The maximum Gasteiger partial charge on any atom is 0.0143 e. The third-order valence-electron chi connectivity index (χ3n) is 4.30. The van der Waals surface area contributed by atoms with E-state index in [1.165, 1.54) is 19.3 Å². The van der Waals surface area contributed by atoms with Crippen LogP contribution in [0.2, 0.25) is 0 Å². The van der Waals surface area contributed by atoms with Gasteiger partial charge in [-0.25, -0.2) is 0 Å². The molecule has 0 radical (unpaired) electrons. The lowest BCUT2D eigenvalue weighted by Crippen LogP contribution is -2.46. The van der Waals surface area contributed by atoms with Gasteiger partial charge in [-0.2, -0.15) is 0 Å². The highest BCUT2D eigenvalue weighted by Gasteiger charge is 2.37. The maximum absolute atomic E-state index is 3.70. The van der Waals surface area contributed by atoms with Crippen molar-refractivity contribution in [1.82, 2.24) is 5.32 Å². The predicted octanol–water partition coefficient (Wildman–Crippen LogP) is 3.84. The van der Waals surface area contributed by atoms with E-state index in [-0.39, 0.29) is 0 Å². The van der Waals surface area contributed by atoms with Gasteiger partial charge in [-0.3, -0.25) is 0 Å². The standard InChI is InChI=1S/C16H29N/c1-6-8-11-16(4,5)14-10-9-13(3)12-15(14)17-7-2/h13-15,17H,7,9-12H2,1-5H3. The molecule has 0 heterocycles. The largest absolute Gasteiger partial charge is 0.314 e. The van der Waals surface area contributed by atoms with Gasteiger partial charge in [0.15, 0.2) is 0 Å². The topological polar surface area (TPSA) is 12.0 Å². The minimum absolute atomic E-state index is 0.343. The van der Waals surface area contributed by atoms with Crippen LogP contribution in [0.1, 0.15) is 60.3 Å². The molecule has 0 aliphatic heterocycles. The summed E-state index contributed by atoms with van der Waals surface area (Å²) in [6.07, 6.45) is 5.11. The lowest BCUT2D eigenvalue weighted by molar-refractivity contribution is 0.0988. The van der Waals surface area contributed by atoms with E-state index in [1.807, 2.05) is 6.92 Å². The van der Waals surface area contributed by atoms with E-state index in [0.717, 1.165) is 24.8 Å². The van der Waals surface area contributed by atoms with Crippen LogP contribution in [-0.4, -0.2) is 12.6 Å². The molecular weight excluding hydrogens is 206 g/mol. The van der Waals surface area contributed by atoms with Crippen molar-refractivity contribution >= 4 is 0 Å². The van der Waals surface area contributed by atoms with Gasteiger partial charge in [0.05, 0.1) is 0 Å². The van der Waals surface area contributed by atoms with Gasteiger partial charge < -0.3 is 5.32 Å². The van der Waals surface area contributed by atoms with Crippen LogP contribution in [0.3, 0.4) is 0 Å². The Morgan fingerprint density at radius 3 is 2.59 bits per heavy atom. The summed E-state index contributed by atoms with van der Waals surface area (Å²) in [5, 5.41) is 3.70. The minimum Gasteiger partial charge on any atom is -0.314 e. The molecular formula is C16H29N. The van der Waals surface area contributed by atoms with Gasteiger partial charge >= 0.3 is 0 Å². The summed E-state index contributed by atoms with van der Waals surface area (Å²) in [4.78, 5) is 0. The SMILES string of the molecule is CC#CCC(C)(C)C1CCC(C)CC1NCC. The molecule has 98 valence electrons. The average Bonchev–Trinajstić information content (AvgIpc) is 2.27. The lowest BCUT2D eigenvalue weighted by atomic mass is 9.65. The van der Waals surface area contributed by atoms with Gasteiger partial charge in [-0.05, 0) is 43.6 Å². The molecule has 0 amide bonds. The zero-order chi connectivity index (χ0) is 12.9. The fourth-order valence-corrected chi connectivity index (χ4v) is 3.25. The summed E-state index contributed by atoms with van der Waals surface area (Å²) < 4.78 is 0. The van der Waals surface area contributed by atoms with E-state index in [9.17, 15) is 0 Å². The molecule has 1 aliphatic rings. The van der Waals surface area contributed by atoms with Crippen LogP contribution < -0.4 is 5.32 Å². The maximum atomic E-state index is 3.70. The molecule has 17 heavy (non-hydrogen) atoms. The van der Waals surface area contributed by atoms with Gasteiger partial charge in [0.1, 0.15) is 0 Å². The first-order chi connectivity index (χ1) is 8.01. The first-order valence-electron chi connectivity index (χ1n) is 7.14. The molecule has 1 N–H and O–H groups in total. The van der Waals surface area contributed by atoms with Crippen LogP contribution in [0.15, 0.2) is 0 Å². The number of nitrogens with one attached hydrogen (secondary N) is 1. The second kappa shape index (κ2) is 6.45. The zero-order valence-electron chi connectivity index (χ0n) is 12.3. The molecule has 0 aromatic heterocycles. The fourth-order valence-electron chi connectivity index (χ4n) is 3.25. The Morgan fingerprint density at radius 2 is 2.00 bits per heavy atom. The van der Waals surface area contributed by atoms with Crippen LogP contribution in [0.25, 0.3) is 0 Å². The van der Waals surface area contributed by atoms with E-state index < -0.39 is 0 Å². The molecule has 1 saturated carbocycles. The Labute approximate surface area is 108 Å². The van der Waals surface area contributed by atoms with Crippen LogP contribution >= 0.6 is 0 Å². The summed E-state index contributed by atoms with van der Waals surface area (Å²) in [7, 11) is 0. The van der Waals surface area contributed by atoms with Crippen molar-refractivity contribution in [2.24, 2.45) is 17.3 Å². The second-order valence-electron chi connectivity index (χ2n) is 6.28. The van der Waals surface area contributed by atoms with Crippen molar-refractivity contribution in [3.8, 4) is 11.8 Å². The summed E-state index contributed by atoms with van der Waals surface area (Å²) >= 11 is 0. The second-order valence-corrected chi connectivity index (χ2v) is 6.28. The molecule has 1 aliphatic carbocycles. The van der Waals surface area contributed by atoms with Gasteiger partial charge in [-0.1, -0.05) is 34.1 Å². The Hall–Kier alpha value is -0.480. The van der Waals surface area contributed by atoms with Gasteiger partial charge in [0.2, 0.25) is 0 Å². The minimum atomic E-state index is 0.343. The fraction of sp³-hybridized carbons (Fsp3) is 0.875. The summed E-state index contributed by atoms with van der Waals surface area (Å²) in [5.41, 5.74) is 0.343. The molecule has 1 nitrogen and oxygen atoms in total. The Balaban J connectivity index is 2.72. The van der Waals surface area contributed by atoms with Gasteiger partial charge in [-0.15, -0.1) is 11.8 Å². The zero-order valence-corrected chi connectivity index (χ0v) is 12.3. The van der Waals surface area contributed by atoms with Crippen molar-refractivity contribution in [3.05, 3.63) is 0 Å². The molecule has 0 aromatic rings. The third-order valence-corrected chi connectivity index (χ3v) is 4.30. The monoisotopic (exact) mass is 235 g/mol. The normalized spacial score (nSPS) is 29.6. The molecule has 0 aromatic carbocycles. The Morgan fingerprint density at radius 1 is 1.29 bits per heavy atom. The molecule has 1 heteroatoms. The van der Waals surface area contributed by atoms with Crippen molar-refractivity contribution in [2.45, 2.75) is 66.3 Å². The van der Waals surface area contributed by atoms with Crippen LogP contribution in [-0.2, 0) is 0 Å². The number of rotatable bonds is 4. The molecule has 3 atom stereocenters. The van der Waals surface area contributed by atoms with Gasteiger partial charge in [0, 0.05) is 12.5 Å². The van der Waals surface area contributed by atoms with E-state index in [0.29, 0.717) is 11.5 Å².